The Hall–Kier alpha value is -1.91. The lowest BCUT2D eigenvalue weighted by atomic mass is 9.68. The Balaban J connectivity index is 1.62. The van der Waals surface area contributed by atoms with Crippen molar-refractivity contribution in [2.45, 2.75) is 32.2 Å². The lowest BCUT2D eigenvalue weighted by Crippen LogP contribution is -2.42. The number of guanidine groups is 1. The molecular formula is C17H25N3O2. The highest BCUT2D eigenvalue weighted by molar-refractivity contribution is 5.80. The lowest BCUT2D eigenvalue weighted by molar-refractivity contribution is 0.151. The van der Waals surface area contributed by atoms with Gasteiger partial charge in [-0.05, 0) is 42.9 Å². The number of likely N-dealkylation sites (tertiary alicyclic amines) is 1. The van der Waals surface area contributed by atoms with Crippen LogP contribution in [0.3, 0.4) is 0 Å². The summed E-state index contributed by atoms with van der Waals surface area (Å²) in [6, 6.07) is 5.28. The van der Waals surface area contributed by atoms with E-state index in [0.29, 0.717) is 12.0 Å². The van der Waals surface area contributed by atoms with E-state index in [1.54, 1.807) is 19.2 Å². The maximum absolute atomic E-state index is 9.96. The number of rotatable bonds is 3. The molecule has 1 aliphatic heterocycles. The molecule has 1 heterocycles. The summed E-state index contributed by atoms with van der Waals surface area (Å²) in [7, 11) is 3.45. The molecule has 2 aliphatic rings. The van der Waals surface area contributed by atoms with E-state index in [4.69, 9.17) is 4.74 Å². The summed E-state index contributed by atoms with van der Waals surface area (Å²) >= 11 is 0. The maximum Gasteiger partial charge on any atom is 0.193 e. The van der Waals surface area contributed by atoms with Crippen molar-refractivity contribution in [2.24, 2.45) is 10.4 Å². The fourth-order valence-corrected chi connectivity index (χ4v) is 3.54. The summed E-state index contributed by atoms with van der Waals surface area (Å²) in [5.41, 5.74) is 1.37. The zero-order valence-electron chi connectivity index (χ0n) is 13.4. The van der Waals surface area contributed by atoms with Gasteiger partial charge in [0.05, 0.1) is 7.11 Å². The minimum absolute atomic E-state index is 0.278. The van der Waals surface area contributed by atoms with Gasteiger partial charge in [-0.25, -0.2) is 0 Å². The van der Waals surface area contributed by atoms with Crippen LogP contribution < -0.4 is 10.1 Å². The molecule has 5 nitrogen and oxygen atoms in total. The molecule has 120 valence electrons. The van der Waals surface area contributed by atoms with Crippen molar-refractivity contribution >= 4 is 5.96 Å². The van der Waals surface area contributed by atoms with Gasteiger partial charge in [0, 0.05) is 32.2 Å². The molecule has 1 aliphatic carbocycles. The lowest BCUT2D eigenvalue weighted by Gasteiger charge is -2.38. The third-order valence-electron chi connectivity index (χ3n) is 5.09. The van der Waals surface area contributed by atoms with Crippen molar-refractivity contribution in [1.82, 2.24) is 10.2 Å². The van der Waals surface area contributed by atoms with Gasteiger partial charge in [0.1, 0.15) is 11.5 Å². The van der Waals surface area contributed by atoms with Crippen molar-refractivity contribution in [3.8, 4) is 11.5 Å². The van der Waals surface area contributed by atoms with Crippen molar-refractivity contribution in [3.63, 3.8) is 0 Å². The van der Waals surface area contributed by atoms with E-state index >= 15 is 0 Å². The van der Waals surface area contributed by atoms with Gasteiger partial charge in [0.15, 0.2) is 5.96 Å². The first-order valence-electron chi connectivity index (χ1n) is 7.97. The summed E-state index contributed by atoms with van der Waals surface area (Å²) < 4.78 is 5.21. The molecule has 1 spiro atoms. The van der Waals surface area contributed by atoms with Crippen LogP contribution in [0.5, 0.6) is 11.5 Å². The fourth-order valence-electron chi connectivity index (χ4n) is 3.54. The molecule has 0 radical (unpaired) electrons. The zero-order valence-corrected chi connectivity index (χ0v) is 13.4. The Labute approximate surface area is 132 Å². The molecule has 1 saturated carbocycles. The highest BCUT2D eigenvalue weighted by Gasteiger charge is 2.43. The molecule has 1 aromatic carbocycles. The zero-order chi connectivity index (χ0) is 15.6. The SMILES string of the molecule is CN=C(NCc1cc(OC)ccc1O)N1CCC2(CCC2)C1. The third-order valence-corrected chi connectivity index (χ3v) is 5.09. The number of hydrogen-bond donors (Lipinski definition) is 2. The molecule has 2 fully saturated rings. The highest BCUT2D eigenvalue weighted by atomic mass is 16.5. The van der Waals surface area contributed by atoms with Crippen LogP contribution in [0.1, 0.15) is 31.2 Å². The van der Waals surface area contributed by atoms with Gasteiger partial charge in [-0.3, -0.25) is 4.99 Å². The van der Waals surface area contributed by atoms with Crippen LogP contribution in [0.25, 0.3) is 0 Å². The van der Waals surface area contributed by atoms with E-state index < -0.39 is 0 Å². The Morgan fingerprint density at radius 1 is 1.41 bits per heavy atom. The number of phenolic OH excluding ortho intramolecular Hbond substituents is 1. The number of phenols is 1. The average molecular weight is 303 g/mol. The van der Waals surface area contributed by atoms with Gasteiger partial charge in [-0.1, -0.05) is 6.42 Å². The second kappa shape index (κ2) is 6.07. The summed E-state index contributed by atoms with van der Waals surface area (Å²) in [5, 5.41) is 13.3. The summed E-state index contributed by atoms with van der Waals surface area (Å²) in [4.78, 5) is 6.74. The number of hydrogen-bond acceptors (Lipinski definition) is 3. The molecule has 0 bridgehead atoms. The van der Waals surface area contributed by atoms with E-state index in [1.165, 1.54) is 25.7 Å². The Kier molecular flexibility index (Phi) is 4.14. The number of nitrogens with zero attached hydrogens (tertiary/aromatic N) is 2. The fraction of sp³-hybridized carbons (Fsp3) is 0.588. The van der Waals surface area contributed by atoms with Crippen LogP contribution >= 0.6 is 0 Å². The molecule has 0 aromatic heterocycles. The van der Waals surface area contributed by atoms with E-state index in [-0.39, 0.29) is 5.75 Å². The molecular weight excluding hydrogens is 278 g/mol. The van der Waals surface area contributed by atoms with E-state index in [1.807, 2.05) is 13.1 Å². The number of aliphatic imine (C=N–C) groups is 1. The molecule has 0 amide bonds. The predicted molar refractivity (Wildman–Crippen MR) is 87.3 cm³/mol. The number of nitrogens with one attached hydrogen (secondary N) is 1. The quantitative estimate of drug-likeness (QED) is 0.665. The van der Waals surface area contributed by atoms with E-state index in [9.17, 15) is 5.11 Å². The smallest absolute Gasteiger partial charge is 0.193 e. The Morgan fingerprint density at radius 3 is 2.82 bits per heavy atom. The minimum Gasteiger partial charge on any atom is -0.508 e. The van der Waals surface area contributed by atoms with Crippen LogP contribution in [-0.4, -0.2) is 43.2 Å². The first-order chi connectivity index (χ1) is 10.7. The van der Waals surface area contributed by atoms with Crippen LogP contribution in [0.2, 0.25) is 0 Å². The van der Waals surface area contributed by atoms with E-state index in [0.717, 1.165) is 30.4 Å². The first kappa shape index (κ1) is 15.0. The van der Waals surface area contributed by atoms with Crippen LogP contribution in [-0.2, 0) is 6.54 Å². The number of ether oxygens (including phenoxy) is 1. The predicted octanol–water partition coefficient (Wildman–Crippen LogP) is 2.35. The molecule has 2 N–H and O–H groups in total. The van der Waals surface area contributed by atoms with Crippen molar-refractivity contribution in [1.29, 1.82) is 0 Å². The van der Waals surface area contributed by atoms with Gasteiger partial charge in [-0.2, -0.15) is 0 Å². The highest BCUT2D eigenvalue weighted by Crippen LogP contribution is 2.47. The summed E-state index contributed by atoms with van der Waals surface area (Å²) in [6.07, 6.45) is 5.37. The maximum atomic E-state index is 9.96. The Morgan fingerprint density at radius 2 is 2.23 bits per heavy atom. The standard InChI is InChI=1S/C17H25N3O2/c1-18-16(20-9-8-17(12-20)6-3-7-17)19-11-13-10-14(22-2)4-5-15(13)21/h4-5,10,21H,3,6-9,11-12H2,1-2H3,(H,18,19). The molecule has 0 unspecified atom stereocenters. The third kappa shape index (κ3) is 2.85. The molecule has 5 heteroatoms. The van der Waals surface area contributed by atoms with Gasteiger partial charge < -0.3 is 20.1 Å². The Bertz CT molecular complexity index is 567. The molecule has 1 saturated heterocycles. The summed E-state index contributed by atoms with van der Waals surface area (Å²) in [6.45, 7) is 2.72. The molecule has 3 rings (SSSR count). The van der Waals surface area contributed by atoms with Crippen LogP contribution in [0, 0.1) is 5.41 Å². The van der Waals surface area contributed by atoms with E-state index in [2.05, 4.69) is 15.2 Å². The number of methoxy groups -OCH3 is 1. The molecule has 22 heavy (non-hydrogen) atoms. The summed E-state index contributed by atoms with van der Waals surface area (Å²) in [5.74, 6) is 1.95. The van der Waals surface area contributed by atoms with Gasteiger partial charge >= 0.3 is 0 Å². The number of aromatic hydroxyl groups is 1. The second-order valence-corrected chi connectivity index (χ2v) is 6.42. The first-order valence-corrected chi connectivity index (χ1v) is 7.97. The van der Waals surface area contributed by atoms with Crippen LogP contribution in [0.4, 0.5) is 0 Å². The molecule has 0 atom stereocenters. The van der Waals surface area contributed by atoms with Crippen LogP contribution in [0.15, 0.2) is 23.2 Å². The minimum atomic E-state index is 0.278. The van der Waals surface area contributed by atoms with Gasteiger partial charge in [0.25, 0.3) is 0 Å². The average Bonchev–Trinajstić information content (AvgIpc) is 2.95. The second-order valence-electron chi connectivity index (χ2n) is 6.42. The largest absolute Gasteiger partial charge is 0.508 e. The number of benzene rings is 1. The van der Waals surface area contributed by atoms with Gasteiger partial charge in [-0.15, -0.1) is 0 Å². The van der Waals surface area contributed by atoms with Crippen molar-refractivity contribution < 1.29 is 9.84 Å². The van der Waals surface area contributed by atoms with Gasteiger partial charge in [0.2, 0.25) is 0 Å². The van der Waals surface area contributed by atoms with Crippen molar-refractivity contribution in [3.05, 3.63) is 23.8 Å². The normalized spacial score (nSPS) is 20.1. The topological polar surface area (TPSA) is 57.1 Å². The van der Waals surface area contributed by atoms with Crippen molar-refractivity contribution in [2.75, 3.05) is 27.2 Å². The monoisotopic (exact) mass is 303 g/mol. The molecule has 1 aromatic rings.